The number of ether oxygens (including phenoxy) is 1. The Kier molecular flexibility index (Phi) is 3.64. The molecule has 4 N–H and O–H groups in total. The number of anilines is 1. The highest BCUT2D eigenvalue weighted by Crippen LogP contribution is 2.38. The third-order valence-electron chi connectivity index (χ3n) is 3.21. The number of nitrogen functional groups attached to an aromatic ring is 1. The lowest BCUT2D eigenvalue weighted by atomic mass is 10.2. The summed E-state index contributed by atoms with van der Waals surface area (Å²) in [6, 6.07) is 0. The molecule has 3 heterocycles. The molecular formula is C10H14N5O5P. The molecule has 0 bridgehead atoms. The highest BCUT2D eigenvalue weighted by atomic mass is 31.2. The van der Waals surface area contributed by atoms with Crippen LogP contribution in [0.2, 0.25) is 0 Å². The first-order valence-corrected chi connectivity index (χ1v) is 7.75. The molecule has 1 aliphatic heterocycles. The smallest absolute Gasteiger partial charge is 0.382 e. The maximum atomic E-state index is 10.7. The molecule has 3 rings (SSSR count). The van der Waals surface area contributed by atoms with Crippen LogP contribution in [0.4, 0.5) is 5.82 Å². The number of aromatic nitrogens is 4. The van der Waals surface area contributed by atoms with Crippen LogP contribution in [0.3, 0.4) is 0 Å². The van der Waals surface area contributed by atoms with Crippen molar-refractivity contribution >= 4 is 24.8 Å². The summed E-state index contributed by atoms with van der Waals surface area (Å²) >= 11 is 0. The van der Waals surface area contributed by atoms with Crippen molar-refractivity contribution in [1.29, 1.82) is 0 Å². The molecular weight excluding hydrogens is 301 g/mol. The third kappa shape index (κ3) is 3.04. The number of hydrogen-bond acceptors (Lipinski definition) is 7. The van der Waals surface area contributed by atoms with E-state index >= 15 is 0 Å². The molecule has 114 valence electrons. The lowest BCUT2D eigenvalue weighted by Gasteiger charge is -2.15. The van der Waals surface area contributed by atoms with Gasteiger partial charge in [-0.2, -0.15) is 0 Å². The first kappa shape index (κ1) is 14.4. The highest BCUT2D eigenvalue weighted by Gasteiger charge is 2.30. The molecule has 11 heteroatoms. The van der Waals surface area contributed by atoms with Gasteiger partial charge in [0.1, 0.15) is 18.1 Å². The van der Waals surface area contributed by atoms with Crippen molar-refractivity contribution in [2.75, 3.05) is 12.3 Å². The van der Waals surface area contributed by atoms with E-state index in [4.69, 9.17) is 20.3 Å². The van der Waals surface area contributed by atoms with Crippen LogP contribution >= 0.6 is 7.82 Å². The Balaban J connectivity index is 1.73. The van der Waals surface area contributed by atoms with Crippen molar-refractivity contribution in [3.05, 3.63) is 12.7 Å². The summed E-state index contributed by atoms with van der Waals surface area (Å²) in [4.78, 5) is 29.5. The molecule has 2 atom stereocenters. The maximum absolute atomic E-state index is 10.7. The van der Waals surface area contributed by atoms with Gasteiger partial charge in [0.05, 0.1) is 19.0 Å². The Morgan fingerprint density at radius 3 is 3.00 bits per heavy atom. The number of fused-ring (bicyclic) bond motifs is 1. The summed E-state index contributed by atoms with van der Waals surface area (Å²) < 4.78 is 22.6. The molecule has 0 radical (unpaired) electrons. The summed E-state index contributed by atoms with van der Waals surface area (Å²) in [6.45, 7) is -0.162. The van der Waals surface area contributed by atoms with E-state index in [1.54, 1.807) is 10.9 Å². The zero-order valence-electron chi connectivity index (χ0n) is 10.9. The number of rotatable bonds is 4. The van der Waals surface area contributed by atoms with Crippen LogP contribution in [-0.2, 0) is 13.8 Å². The number of phosphoric ester groups is 1. The zero-order chi connectivity index (χ0) is 15.0. The SMILES string of the molecule is Nc1ncnc2c1ncn2[C@H]1CCC(COP(=O)(O)O)O1. The topological polar surface area (TPSA) is 146 Å². The van der Waals surface area contributed by atoms with E-state index in [1.807, 2.05) is 0 Å². The Hall–Kier alpha value is -1.58. The van der Waals surface area contributed by atoms with E-state index in [2.05, 4.69) is 19.5 Å². The predicted molar refractivity (Wildman–Crippen MR) is 70.9 cm³/mol. The fraction of sp³-hybridized carbons (Fsp3) is 0.500. The van der Waals surface area contributed by atoms with Crippen LogP contribution in [0.5, 0.6) is 0 Å². The van der Waals surface area contributed by atoms with Gasteiger partial charge in [-0.3, -0.25) is 9.09 Å². The summed E-state index contributed by atoms with van der Waals surface area (Å²) in [5.74, 6) is 0.290. The zero-order valence-corrected chi connectivity index (χ0v) is 11.8. The molecule has 0 saturated carbocycles. The lowest BCUT2D eigenvalue weighted by Crippen LogP contribution is -2.16. The number of hydrogen-bond donors (Lipinski definition) is 3. The van der Waals surface area contributed by atoms with Crippen molar-refractivity contribution in [3.63, 3.8) is 0 Å². The van der Waals surface area contributed by atoms with Crippen molar-refractivity contribution in [1.82, 2.24) is 19.5 Å². The first-order valence-electron chi connectivity index (χ1n) is 6.22. The van der Waals surface area contributed by atoms with E-state index in [0.717, 1.165) is 0 Å². The number of imidazole rings is 1. The second kappa shape index (κ2) is 5.32. The third-order valence-corrected chi connectivity index (χ3v) is 3.70. The molecule has 1 aliphatic rings. The fourth-order valence-electron chi connectivity index (χ4n) is 2.27. The van der Waals surface area contributed by atoms with Crippen molar-refractivity contribution in [3.8, 4) is 0 Å². The number of phosphoric acid groups is 1. The Labute approximate surface area is 119 Å². The molecule has 1 unspecified atom stereocenters. The van der Waals surface area contributed by atoms with Gasteiger partial charge in [0.2, 0.25) is 0 Å². The first-order chi connectivity index (χ1) is 9.94. The Morgan fingerprint density at radius 2 is 2.24 bits per heavy atom. The average Bonchev–Trinajstić information content (AvgIpc) is 3.02. The molecule has 0 aliphatic carbocycles. The Bertz CT molecular complexity index is 700. The molecule has 0 aromatic carbocycles. The van der Waals surface area contributed by atoms with Gasteiger partial charge in [-0.25, -0.2) is 19.5 Å². The maximum Gasteiger partial charge on any atom is 0.469 e. The fourth-order valence-corrected chi connectivity index (χ4v) is 2.64. The van der Waals surface area contributed by atoms with E-state index in [1.165, 1.54) is 6.33 Å². The minimum atomic E-state index is -4.48. The van der Waals surface area contributed by atoms with Crippen molar-refractivity contribution in [2.45, 2.75) is 25.2 Å². The van der Waals surface area contributed by atoms with Gasteiger partial charge in [0.15, 0.2) is 11.5 Å². The van der Waals surface area contributed by atoms with Crippen LogP contribution < -0.4 is 5.73 Å². The largest absolute Gasteiger partial charge is 0.469 e. The van der Waals surface area contributed by atoms with Gasteiger partial charge in [0, 0.05) is 0 Å². The molecule has 0 amide bonds. The summed E-state index contributed by atoms with van der Waals surface area (Å²) in [5.41, 5.74) is 6.77. The van der Waals surface area contributed by atoms with Crippen LogP contribution in [0.25, 0.3) is 11.2 Å². The van der Waals surface area contributed by atoms with Crippen molar-refractivity contribution in [2.24, 2.45) is 0 Å². The predicted octanol–water partition coefficient (Wildman–Crippen LogP) is 0.195. The minimum Gasteiger partial charge on any atom is -0.382 e. The quantitative estimate of drug-likeness (QED) is 0.673. The van der Waals surface area contributed by atoms with Gasteiger partial charge in [0.25, 0.3) is 0 Å². The van der Waals surface area contributed by atoms with E-state index in [-0.39, 0.29) is 24.8 Å². The molecule has 2 aromatic rings. The number of nitrogens with two attached hydrogens (primary N) is 1. The summed E-state index contributed by atoms with van der Waals surface area (Å²) in [6.07, 6.45) is 3.47. The average molecular weight is 315 g/mol. The molecule has 1 fully saturated rings. The molecule has 21 heavy (non-hydrogen) atoms. The van der Waals surface area contributed by atoms with Crippen molar-refractivity contribution < 1.29 is 23.6 Å². The van der Waals surface area contributed by atoms with Gasteiger partial charge < -0.3 is 20.3 Å². The monoisotopic (exact) mass is 315 g/mol. The lowest BCUT2D eigenvalue weighted by molar-refractivity contribution is -0.0205. The molecule has 1 saturated heterocycles. The second-order valence-electron chi connectivity index (χ2n) is 4.66. The Morgan fingerprint density at radius 1 is 1.43 bits per heavy atom. The standard InChI is InChI=1S/C10H14N5O5P/c11-9-8-10(13-4-12-9)15(5-14-8)7-2-1-6(20-7)3-19-21(16,17)18/h4-7H,1-3H2,(H2,11,12,13)(H2,16,17,18)/t6?,7-/m1/s1. The normalized spacial score (nSPS) is 23.0. The molecule has 0 spiro atoms. The van der Waals surface area contributed by atoms with Crippen LogP contribution in [0, 0.1) is 0 Å². The summed E-state index contributed by atoms with van der Waals surface area (Å²) in [7, 11) is -4.48. The van der Waals surface area contributed by atoms with E-state index in [0.29, 0.717) is 24.0 Å². The highest BCUT2D eigenvalue weighted by molar-refractivity contribution is 7.46. The molecule has 10 nitrogen and oxygen atoms in total. The minimum absolute atomic E-state index is 0.162. The van der Waals surface area contributed by atoms with E-state index in [9.17, 15) is 4.57 Å². The van der Waals surface area contributed by atoms with Gasteiger partial charge in [-0.15, -0.1) is 0 Å². The van der Waals surface area contributed by atoms with E-state index < -0.39 is 7.82 Å². The summed E-state index contributed by atoms with van der Waals surface area (Å²) in [5, 5.41) is 0. The van der Waals surface area contributed by atoms with Gasteiger partial charge >= 0.3 is 7.82 Å². The molecule has 2 aromatic heterocycles. The van der Waals surface area contributed by atoms with Crippen LogP contribution in [0.15, 0.2) is 12.7 Å². The van der Waals surface area contributed by atoms with Crippen LogP contribution in [-0.4, -0.2) is 42.0 Å². The van der Waals surface area contributed by atoms with Gasteiger partial charge in [-0.05, 0) is 12.8 Å². The second-order valence-corrected chi connectivity index (χ2v) is 5.90. The van der Waals surface area contributed by atoms with Gasteiger partial charge in [-0.1, -0.05) is 0 Å². The number of nitrogens with zero attached hydrogens (tertiary/aromatic N) is 4. The van der Waals surface area contributed by atoms with Crippen LogP contribution in [0.1, 0.15) is 19.1 Å².